The Labute approximate surface area is 346 Å². The first-order valence-electron chi connectivity index (χ1n) is 21.2. The van der Waals surface area contributed by atoms with Gasteiger partial charge in [0.25, 0.3) is 0 Å². The standard InChI is InChI=1S/C14H24N2O4.C14H27NO5.C12H23NO5/c17-13-3-1-5-15(13)7-9-19-11-12-20-10-8-16-6-2-4-14(16)18;1-17-7-8-18-9-10-19-11-12-20-13-15-6-4-2-3-5-14(15)16;1-15-5-6-16-7-8-17-9-10-18-11-13-4-2-3-12(13)14/h1-12H2;2-13H2,1H3;2-11H2,1H3. The molecule has 4 heterocycles. The Bertz CT molecular complexity index is 1030. The summed E-state index contributed by atoms with van der Waals surface area (Å²) in [4.78, 5) is 52.9. The van der Waals surface area contributed by atoms with Gasteiger partial charge in [0.2, 0.25) is 23.6 Å². The van der Waals surface area contributed by atoms with Gasteiger partial charge >= 0.3 is 0 Å². The van der Waals surface area contributed by atoms with Gasteiger partial charge in [-0.1, -0.05) is 6.42 Å². The second-order valence-electron chi connectivity index (χ2n) is 13.9. The Morgan fingerprint density at radius 2 is 0.621 bits per heavy atom. The van der Waals surface area contributed by atoms with Gasteiger partial charge in [-0.3, -0.25) is 19.2 Å². The maximum absolute atomic E-state index is 11.7. The van der Waals surface area contributed by atoms with Crippen molar-refractivity contribution in [3.8, 4) is 0 Å². The SMILES string of the molecule is COCCOCCOCCOCN1CCCC1=O.COCCOCCOCCOCN1CCCCCC1=O.O=C1CCCN1CCOCCOCCN1CCCC1=O. The van der Waals surface area contributed by atoms with Crippen molar-refractivity contribution in [1.29, 1.82) is 0 Å². The molecule has 4 aliphatic rings. The number of rotatable bonds is 31. The average Bonchev–Trinajstić information content (AvgIpc) is 3.92. The normalized spacial score (nSPS) is 17.2. The Kier molecular flexibility index (Phi) is 32.3. The van der Waals surface area contributed by atoms with E-state index in [1.807, 2.05) is 9.80 Å². The van der Waals surface area contributed by atoms with Crippen molar-refractivity contribution in [1.82, 2.24) is 19.6 Å². The lowest BCUT2D eigenvalue weighted by atomic mass is 10.2. The Morgan fingerprint density at radius 1 is 0.328 bits per heavy atom. The summed E-state index contributed by atoms with van der Waals surface area (Å²) in [6.07, 6.45) is 8.75. The fourth-order valence-corrected chi connectivity index (χ4v) is 6.08. The van der Waals surface area contributed by atoms with E-state index in [1.54, 1.807) is 24.0 Å². The van der Waals surface area contributed by atoms with E-state index in [2.05, 4.69) is 0 Å². The van der Waals surface area contributed by atoms with E-state index >= 15 is 0 Å². The fraction of sp³-hybridized carbons (Fsp3) is 0.900. The molecular formula is C40H74N4O14. The highest BCUT2D eigenvalue weighted by atomic mass is 16.6. The highest BCUT2D eigenvalue weighted by molar-refractivity contribution is 5.78. The second kappa shape index (κ2) is 36.3. The summed E-state index contributed by atoms with van der Waals surface area (Å²) in [5.41, 5.74) is 0. The number of nitrogens with zero attached hydrogens (tertiary/aromatic N) is 4. The van der Waals surface area contributed by atoms with Gasteiger partial charge in [-0.05, 0) is 32.1 Å². The topological polar surface area (TPSA) is 174 Å². The Morgan fingerprint density at radius 3 is 0.983 bits per heavy atom. The molecule has 0 spiro atoms. The van der Waals surface area contributed by atoms with Crippen LogP contribution in [0.2, 0.25) is 0 Å². The number of likely N-dealkylation sites (tertiary alicyclic amines) is 4. The molecule has 0 aliphatic carbocycles. The summed E-state index contributed by atoms with van der Waals surface area (Å²) in [7, 11) is 3.29. The predicted octanol–water partition coefficient (Wildman–Crippen LogP) is 1.57. The second-order valence-corrected chi connectivity index (χ2v) is 13.9. The van der Waals surface area contributed by atoms with Crippen LogP contribution in [-0.4, -0.2) is 216 Å². The monoisotopic (exact) mass is 835 g/mol. The number of methoxy groups -OCH3 is 2. The summed E-state index contributed by atoms with van der Waals surface area (Å²) < 4.78 is 52.6. The van der Waals surface area contributed by atoms with Crippen LogP contribution in [-0.2, 0) is 66.5 Å². The van der Waals surface area contributed by atoms with Gasteiger partial charge in [-0.25, -0.2) is 0 Å². The third-order valence-corrected chi connectivity index (χ3v) is 9.41. The van der Waals surface area contributed by atoms with Gasteiger partial charge in [0.1, 0.15) is 13.5 Å². The van der Waals surface area contributed by atoms with E-state index in [1.165, 1.54) is 0 Å². The minimum absolute atomic E-state index is 0.183. The number of hydrogen-bond donors (Lipinski definition) is 0. The molecule has 0 N–H and O–H groups in total. The van der Waals surface area contributed by atoms with Gasteiger partial charge in [0.15, 0.2) is 0 Å². The van der Waals surface area contributed by atoms with Crippen molar-refractivity contribution in [2.75, 3.05) is 173 Å². The number of carbonyl (C=O) groups excluding carboxylic acids is 4. The first-order chi connectivity index (χ1) is 28.5. The molecule has 0 aromatic carbocycles. The zero-order chi connectivity index (χ0) is 41.7. The molecule has 4 saturated heterocycles. The highest BCUT2D eigenvalue weighted by Crippen LogP contribution is 2.12. The minimum atomic E-state index is 0.183. The van der Waals surface area contributed by atoms with E-state index < -0.39 is 0 Å². The van der Waals surface area contributed by atoms with E-state index in [0.717, 1.165) is 64.7 Å². The van der Waals surface area contributed by atoms with Crippen LogP contribution in [0.25, 0.3) is 0 Å². The van der Waals surface area contributed by atoms with Crippen molar-refractivity contribution < 1.29 is 66.5 Å². The highest BCUT2D eigenvalue weighted by Gasteiger charge is 2.21. The molecule has 338 valence electrons. The van der Waals surface area contributed by atoms with Gasteiger partial charge < -0.3 is 67.0 Å². The minimum Gasteiger partial charge on any atom is -0.382 e. The average molecular weight is 835 g/mol. The summed E-state index contributed by atoms with van der Waals surface area (Å²) >= 11 is 0. The summed E-state index contributed by atoms with van der Waals surface area (Å²) in [5, 5.41) is 0. The molecule has 18 nitrogen and oxygen atoms in total. The van der Waals surface area contributed by atoms with Gasteiger partial charge in [0, 0.05) is 79.2 Å². The van der Waals surface area contributed by atoms with Crippen molar-refractivity contribution in [2.24, 2.45) is 0 Å². The zero-order valence-corrected chi connectivity index (χ0v) is 35.5. The lowest BCUT2D eigenvalue weighted by molar-refractivity contribution is -0.137. The molecule has 58 heavy (non-hydrogen) atoms. The Hall–Kier alpha value is -2.52. The molecule has 0 atom stereocenters. The van der Waals surface area contributed by atoms with Crippen LogP contribution >= 0.6 is 0 Å². The van der Waals surface area contributed by atoms with Crippen molar-refractivity contribution >= 4 is 23.6 Å². The number of carbonyl (C=O) groups is 4. The molecule has 4 amide bonds. The van der Waals surface area contributed by atoms with Gasteiger partial charge in [0.05, 0.1) is 106 Å². The van der Waals surface area contributed by atoms with Crippen molar-refractivity contribution in [3.05, 3.63) is 0 Å². The van der Waals surface area contributed by atoms with E-state index in [9.17, 15) is 19.2 Å². The summed E-state index contributed by atoms with van der Waals surface area (Å²) in [6.45, 7) is 14.4. The van der Waals surface area contributed by atoms with Crippen LogP contribution in [0, 0.1) is 0 Å². The predicted molar refractivity (Wildman–Crippen MR) is 213 cm³/mol. The number of ether oxygens (including phenoxy) is 10. The van der Waals surface area contributed by atoms with E-state index in [0.29, 0.717) is 158 Å². The smallest absolute Gasteiger partial charge is 0.224 e. The molecule has 0 aromatic rings. The molecule has 0 aromatic heterocycles. The molecule has 4 rings (SSSR count). The van der Waals surface area contributed by atoms with Crippen LogP contribution in [0.3, 0.4) is 0 Å². The summed E-state index contributed by atoms with van der Waals surface area (Å²) in [5.74, 6) is 0.859. The number of hydrogen-bond acceptors (Lipinski definition) is 14. The third kappa shape index (κ3) is 26.6. The van der Waals surface area contributed by atoms with Crippen LogP contribution < -0.4 is 0 Å². The van der Waals surface area contributed by atoms with Crippen LogP contribution in [0.5, 0.6) is 0 Å². The molecule has 4 aliphatic heterocycles. The molecule has 4 fully saturated rings. The lowest BCUT2D eigenvalue weighted by Crippen LogP contribution is -2.33. The molecule has 0 bridgehead atoms. The quantitative estimate of drug-likeness (QED) is 0.0922. The van der Waals surface area contributed by atoms with Gasteiger partial charge in [-0.2, -0.15) is 0 Å². The molecular weight excluding hydrogens is 760 g/mol. The zero-order valence-electron chi connectivity index (χ0n) is 35.5. The van der Waals surface area contributed by atoms with E-state index in [-0.39, 0.29) is 23.6 Å². The summed E-state index contributed by atoms with van der Waals surface area (Å²) in [6, 6.07) is 0. The largest absolute Gasteiger partial charge is 0.382 e. The van der Waals surface area contributed by atoms with Crippen LogP contribution in [0.1, 0.15) is 64.2 Å². The lowest BCUT2D eigenvalue weighted by Gasteiger charge is -2.20. The van der Waals surface area contributed by atoms with Crippen LogP contribution in [0.4, 0.5) is 0 Å². The van der Waals surface area contributed by atoms with Crippen molar-refractivity contribution in [3.63, 3.8) is 0 Å². The maximum Gasteiger partial charge on any atom is 0.224 e. The third-order valence-electron chi connectivity index (χ3n) is 9.41. The molecule has 18 heteroatoms. The number of amides is 4. The molecule has 0 saturated carbocycles. The first-order valence-corrected chi connectivity index (χ1v) is 21.2. The van der Waals surface area contributed by atoms with Gasteiger partial charge in [-0.15, -0.1) is 0 Å². The van der Waals surface area contributed by atoms with E-state index in [4.69, 9.17) is 47.4 Å². The van der Waals surface area contributed by atoms with Crippen LogP contribution in [0.15, 0.2) is 0 Å². The first kappa shape index (κ1) is 51.6. The Balaban J connectivity index is 0.000000301. The fourth-order valence-electron chi connectivity index (χ4n) is 6.08. The van der Waals surface area contributed by atoms with Crippen molar-refractivity contribution in [2.45, 2.75) is 64.2 Å². The maximum atomic E-state index is 11.7. The molecule has 0 radical (unpaired) electrons. The molecule has 0 unspecified atom stereocenters.